The Morgan fingerprint density at radius 1 is 1.30 bits per heavy atom. The number of nitrogens with zero attached hydrogens (tertiary/aromatic N) is 3. The molecule has 3 aromatic rings. The van der Waals surface area contributed by atoms with Crippen molar-refractivity contribution < 1.29 is 9.59 Å². The third kappa shape index (κ3) is 3.58. The largest absolute Gasteiger partial charge is 0.368 e. The first kappa shape index (κ1) is 17.3. The number of rotatable bonds is 5. The minimum absolute atomic E-state index is 0.120. The molecule has 2 aromatic heterocycles. The summed E-state index contributed by atoms with van der Waals surface area (Å²) in [5.74, 6) is 0.688. The Bertz CT molecular complexity index is 974. The Balaban J connectivity index is 1.47. The average Bonchev–Trinajstić information content (AvgIpc) is 3.29. The first-order valence-electron chi connectivity index (χ1n) is 9.24. The number of nitrogens with one attached hydrogen (secondary N) is 1. The highest BCUT2D eigenvalue weighted by Gasteiger charge is 2.28. The van der Waals surface area contributed by atoms with Crippen molar-refractivity contribution >= 4 is 22.7 Å². The molecule has 0 saturated carbocycles. The van der Waals surface area contributed by atoms with Crippen molar-refractivity contribution in [2.75, 3.05) is 13.1 Å². The second kappa shape index (κ2) is 7.26. The molecule has 2 amide bonds. The van der Waals surface area contributed by atoms with Crippen LogP contribution in [-0.2, 0) is 22.6 Å². The molecular weight excluding hydrogens is 342 g/mol. The van der Waals surface area contributed by atoms with Gasteiger partial charge >= 0.3 is 0 Å². The highest BCUT2D eigenvalue weighted by molar-refractivity contribution is 5.89. The Morgan fingerprint density at radius 3 is 3.00 bits per heavy atom. The van der Waals surface area contributed by atoms with Crippen molar-refractivity contribution in [3.8, 4) is 0 Å². The van der Waals surface area contributed by atoms with Gasteiger partial charge in [0.1, 0.15) is 12.4 Å². The molecule has 3 N–H and O–H groups in total. The van der Waals surface area contributed by atoms with Crippen molar-refractivity contribution in [1.29, 1.82) is 0 Å². The van der Waals surface area contributed by atoms with Crippen molar-refractivity contribution in [2.24, 2.45) is 5.73 Å². The lowest BCUT2D eigenvalue weighted by Crippen LogP contribution is -2.40. The molecule has 1 saturated heterocycles. The predicted molar refractivity (Wildman–Crippen MR) is 102 cm³/mol. The number of nitrogens with two attached hydrogens (primary N) is 1. The highest BCUT2D eigenvalue weighted by atomic mass is 16.2. The molecule has 3 heterocycles. The van der Waals surface area contributed by atoms with Crippen LogP contribution in [0.5, 0.6) is 0 Å². The van der Waals surface area contributed by atoms with Crippen LogP contribution in [0.25, 0.3) is 10.9 Å². The standard InChI is InChI=1S/C20H23N5O2/c21-18(26)13-25-9-7-22-20(25)14-4-3-8-24(12-14)19(27)10-15-11-23-17-6-2-1-5-16(15)17/h1-2,5-7,9,11,14,23H,3-4,8,10,12-13H2,(H2,21,26)/t14-/m1/s1. The van der Waals surface area contributed by atoms with Crippen LogP contribution in [0.4, 0.5) is 0 Å². The molecule has 1 atom stereocenters. The zero-order valence-electron chi connectivity index (χ0n) is 15.1. The zero-order valence-corrected chi connectivity index (χ0v) is 15.1. The maximum Gasteiger partial charge on any atom is 0.237 e. The van der Waals surface area contributed by atoms with E-state index in [0.29, 0.717) is 13.0 Å². The summed E-state index contributed by atoms with van der Waals surface area (Å²) in [7, 11) is 0. The van der Waals surface area contributed by atoms with Crippen molar-refractivity contribution in [3.05, 3.63) is 54.2 Å². The number of carbonyl (C=O) groups excluding carboxylic acids is 2. The van der Waals surface area contributed by atoms with Crippen LogP contribution < -0.4 is 5.73 Å². The van der Waals surface area contributed by atoms with E-state index in [1.54, 1.807) is 17.0 Å². The lowest BCUT2D eigenvalue weighted by atomic mass is 9.96. The summed E-state index contributed by atoms with van der Waals surface area (Å²) in [5.41, 5.74) is 7.39. The number of primary amides is 1. The number of aromatic amines is 1. The van der Waals surface area contributed by atoms with E-state index in [-0.39, 0.29) is 18.4 Å². The van der Waals surface area contributed by atoms with Crippen LogP contribution >= 0.6 is 0 Å². The monoisotopic (exact) mass is 365 g/mol. The van der Waals surface area contributed by atoms with E-state index >= 15 is 0 Å². The van der Waals surface area contributed by atoms with Gasteiger partial charge in [0.25, 0.3) is 0 Å². The minimum Gasteiger partial charge on any atom is -0.368 e. The molecule has 4 rings (SSSR count). The second-order valence-electron chi connectivity index (χ2n) is 7.09. The van der Waals surface area contributed by atoms with Crippen molar-refractivity contribution in [3.63, 3.8) is 0 Å². The van der Waals surface area contributed by atoms with Gasteiger partial charge in [-0.05, 0) is 24.5 Å². The van der Waals surface area contributed by atoms with E-state index in [1.165, 1.54) is 0 Å². The van der Waals surface area contributed by atoms with Gasteiger partial charge in [-0.2, -0.15) is 0 Å². The van der Waals surface area contributed by atoms with Crippen molar-refractivity contribution in [2.45, 2.75) is 31.7 Å². The third-order valence-corrected chi connectivity index (χ3v) is 5.23. The van der Waals surface area contributed by atoms with E-state index < -0.39 is 5.91 Å². The SMILES string of the molecule is NC(=O)Cn1ccnc1[C@@H]1CCCN(C(=O)Cc2c[nH]c3ccccc23)C1. The number of hydrogen-bond donors (Lipinski definition) is 2. The Hall–Kier alpha value is -3.09. The van der Waals surface area contributed by atoms with Gasteiger partial charge in [-0.3, -0.25) is 9.59 Å². The molecule has 140 valence electrons. The van der Waals surface area contributed by atoms with Crippen LogP contribution in [0, 0.1) is 0 Å². The van der Waals surface area contributed by atoms with Gasteiger partial charge in [0, 0.05) is 48.5 Å². The number of aromatic nitrogens is 3. The normalized spacial score (nSPS) is 17.3. The van der Waals surface area contributed by atoms with Gasteiger partial charge in [0.05, 0.1) is 6.42 Å². The lowest BCUT2D eigenvalue weighted by Gasteiger charge is -2.32. The maximum atomic E-state index is 12.9. The number of imidazole rings is 1. The van der Waals surface area contributed by atoms with E-state index in [9.17, 15) is 9.59 Å². The summed E-state index contributed by atoms with van der Waals surface area (Å²) in [5, 5.41) is 1.09. The Labute approximate surface area is 157 Å². The molecule has 1 aromatic carbocycles. The number of likely N-dealkylation sites (tertiary alicyclic amines) is 1. The molecule has 0 unspecified atom stereocenters. The number of H-pyrrole nitrogens is 1. The lowest BCUT2D eigenvalue weighted by molar-refractivity contribution is -0.131. The molecule has 1 aliphatic rings. The average molecular weight is 365 g/mol. The smallest absolute Gasteiger partial charge is 0.237 e. The minimum atomic E-state index is -0.391. The van der Waals surface area contributed by atoms with Crippen LogP contribution in [0.3, 0.4) is 0 Å². The van der Waals surface area contributed by atoms with Crippen LogP contribution in [0.1, 0.15) is 30.1 Å². The molecule has 1 fully saturated rings. The second-order valence-corrected chi connectivity index (χ2v) is 7.09. The topological polar surface area (TPSA) is 97.0 Å². The Kier molecular flexibility index (Phi) is 4.66. The van der Waals surface area contributed by atoms with Crippen LogP contribution in [0.15, 0.2) is 42.9 Å². The number of fused-ring (bicyclic) bond motifs is 1. The molecular formula is C20H23N5O2. The highest BCUT2D eigenvalue weighted by Crippen LogP contribution is 2.27. The van der Waals surface area contributed by atoms with E-state index in [4.69, 9.17) is 5.73 Å². The molecule has 0 spiro atoms. The number of hydrogen-bond acceptors (Lipinski definition) is 3. The molecule has 1 aliphatic heterocycles. The van der Waals surface area contributed by atoms with Gasteiger partial charge in [-0.25, -0.2) is 4.98 Å². The summed E-state index contributed by atoms with van der Waals surface area (Å²) < 4.78 is 1.79. The maximum absolute atomic E-state index is 12.9. The fourth-order valence-corrected chi connectivity index (χ4v) is 3.95. The first-order valence-corrected chi connectivity index (χ1v) is 9.24. The fraction of sp³-hybridized carbons (Fsp3) is 0.350. The van der Waals surface area contributed by atoms with Gasteiger partial charge in [-0.1, -0.05) is 18.2 Å². The molecule has 0 bridgehead atoms. The summed E-state index contributed by atoms with van der Waals surface area (Å²) in [4.78, 5) is 33.7. The van der Waals surface area contributed by atoms with E-state index in [2.05, 4.69) is 9.97 Å². The molecule has 27 heavy (non-hydrogen) atoms. The molecule has 0 radical (unpaired) electrons. The Morgan fingerprint density at radius 2 is 2.15 bits per heavy atom. The van der Waals surface area contributed by atoms with E-state index in [1.807, 2.05) is 35.4 Å². The fourth-order valence-electron chi connectivity index (χ4n) is 3.95. The van der Waals surface area contributed by atoms with Gasteiger partial charge in [0.2, 0.25) is 11.8 Å². The van der Waals surface area contributed by atoms with Gasteiger partial charge in [0.15, 0.2) is 0 Å². The van der Waals surface area contributed by atoms with Gasteiger partial charge in [-0.15, -0.1) is 0 Å². The number of piperidine rings is 1. The van der Waals surface area contributed by atoms with Gasteiger partial charge < -0.3 is 20.2 Å². The predicted octanol–water partition coefficient (Wildman–Crippen LogP) is 1.80. The summed E-state index contributed by atoms with van der Waals surface area (Å²) >= 11 is 0. The zero-order chi connectivity index (χ0) is 18.8. The summed E-state index contributed by atoms with van der Waals surface area (Å²) in [6, 6.07) is 8.01. The number of para-hydroxylation sites is 1. The van der Waals surface area contributed by atoms with Crippen LogP contribution in [0.2, 0.25) is 0 Å². The van der Waals surface area contributed by atoms with Crippen molar-refractivity contribution in [1.82, 2.24) is 19.4 Å². The molecule has 0 aliphatic carbocycles. The molecule has 7 nitrogen and oxygen atoms in total. The summed E-state index contributed by atoms with van der Waals surface area (Å²) in [6.07, 6.45) is 7.63. The quantitative estimate of drug-likeness (QED) is 0.721. The first-order chi connectivity index (χ1) is 13.1. The van der Waals surface area contributed by atoms with E-state index in [0.717, 1.165) is 41.7 Å². The number of benzene rings is 1. The molecule has 7 heteroatoms. The third-order valence-electron chi connectivity index (χ3n) is 5.23. The number of amides is 2. The van der Waals surface area contributed by atoms with Crippen LogP contribution in [-0.4, -0.2) is 44.3 Å². The number of carbonyl (C=O) groups is 2. The summed E-state index contributed by atoms with van der Waals surface area (Å²) in [6.45, 7) is 1.50.